The fourth-order valence-corrected chi connectivity index (χ4v) is 3.75. The van der Waals surface area contributed by atoms with Gasteiger partial charge >= 0.3 is 0 Å². The Hall–Kier alpha value is -2.55. The number of thiazole rings is 1. The van der Waals surface area contributed by atoms with Crippen LogP contribution in [0.5, 0.6) is 0 Å². The lowest BCUT2D eigenvalue weighted by Gasteiger charge is -2.23. The summed E-state index contributed by atoms with van der Waals surface area (Å²) >= 11 is 1.39. The summed E-state index contributed by atoms with van der Waals surface area (Å²) in [4.78, 5) is 23.2. The van der Waals surface area contributed by atoms with Crippen molar-refractivity contribution in [3.63, 3.8) is 0 Å². The summed E-state index contributed by atoms with van der Waals surface area (Å²) < 4.78 is 1.91. The van der Waals surface area contributed by atoms with E-state index in [2.05, 4.69) is 25.3 Å². The van der Waals surface area contributed by atoms with Crippen molar-refractivity contribution in [3.8, 4) is 10.8 Å². The third-order valence-corrected chi connectivity index (χ3v) is 4.99. The van der Waals surface area contributed by atoms with Crippen LogP contribution >= 0.6 is 11.3 Å². The molecule has 9 heteroatoms. The Bertz CT molecular complexity index is 838. The van der Waals surface area contributed by atoms with Crippen LogP contribution < -0.4 is 0 Å². The Morgan fingerprint density at radius 1 is 1.50 bits per heavy atom. The van der Waals surface area contributed by atoms with E-state index in [1.165, 1.54) is 17.7 Å². The standard InChI is InChI=1S/C15H17N7OS/c1-10-5-18-21(6-10)7-11-3-2-4-22(11)15(23)12-8-24-14(19-12)13-16-9-17-20-13/h5-6,8-9,11H,2-4,7H2,1H3,(H,16,17,20)/t11-/m1/s1. The van der Waals surface area contributed by atoms with Crippen molar-refractivity contribution in [3.05, 3.63) is 35.4 Å². The van der Waals surface area contributed by atoms with E-state index in [0.29, 0.717) is 16.5 Å². The zero-order valence-corrected chi connectivity index (χ0v) is 14.0. The second kappa shape index (κ2) is 6.16. The van der Waals surface area contributed by atoms with Gasteiger partial charge in [0, 0.05) is 18.1 Å². The highest BCUT2D eigenvalue weighted by atomic mass is 32.1. The van der Waals surface area contributed by atoms with E-state index in [1.807, 2.05) is 28.9 Å². The van der Waals surface area contributed by atoms with E-state index < -0.39 is 0 Å². The van der Waals surface area contributed by atoms with Gasteiger partial charge in [-0.05, 0) is 25.3 Å². The highest BCUT2D eigenvalue weighted by molar-refractivity contribution is 7.13. The highest BCUT2D eigenvalue weighted by Crippen LogP contribution is 2.24. The van der Waals surface area contributed by atoms with Gasteiger partial charge in [-0.1, -0.05) is 0 Å². The topological polar surface area (TPSA) is 92.6 Å². The number of H-pyrrole nitrogens is 1. The number of aromatic amines is 1. The SMILES string of the molecule is Cc1cnn(C[C@H]2CCCN2C(=O)c2csc(-c3ncn[nH]3)n2)c1. The second-order valence-corrected chi connectivity index (χ2v) is 6.76. The molecule has 1 atom stereocenters. The van der Waals surface area contributed by atoms with Crippen molar-refractivity contribution in [2.75, 3.05) is 6.54 Å². The number of likely N-dealkylation sites (tertiary alicyclic amines) is 1. The zero-order chi connectivity index (χ0) is 16.5. The molecule has 0 aromatic carbocycles. The molecule has 1 fully saturated rings. The number of hydrogen-bond donors (Lipinski definition) is 1. The van der Waals surface area contributed by atoms with Crippen LogP contribution in [-0.2, 0) is 6.54 Å². The number of rotatable bonds is 4. The van der Waals surface area contributed by atoms with E-state index in [1.54, 1.807) is 5.38 Å². The first-order valence-electron chi connectivity index (χ1n) is 7.82. The van der Waals surface area contributed by atoms with Crippen LogP contribution in [0.1, 0.15) is 28.9 Å². The Labute approximate surface area is 142 Å². The van der Waals surface area contributed by atoms with Gasteiger partial charge in [0.05, 0.1) is 18.8 Å². The summed E-state index contributed by atoms with van der Waals surface area (Å²) in [7, 11) is 0. The molecule has 1 saturated heterocycles. The van der Waals surface area contributed by atoms with Gasteiger partial charge in [0.2, 0.25) is 0 Å². The van der Waals surface area contributed by atoms with Crippen LogP contribution in [0, 0.1) is 6.92 Å². The summed E-state index contributed by atoms with van der Waals surface area (Å²) in [6.07, 6.45) is 7.28. The molecule has 4 rings (SSSR count). The molecule has 124 valence electrons. The smallest absolute Gasteiger partial charge is 0.273 e. The first-order chi connectivity index (χ1) is 11.7. The minimum atomic E-state index is -0.0246. The number of hydrogen-bond acceptors (Lipinski definition) is 6. The molecular formula is C15H17N7OS. The average molecular weight is 343 g/mol. The van der Waals surface area contributed by atoms with Crippen LogP contribution in [-0.4, -0.2) is 53.3 Å². The molecule has 0 radical (unpaired) electrons. The maximum absolute atomic E-state index is 12.8. The minimum Gasteiger partial charge on any atom is -0.332 e. The Balaban J connectivity index is 1.50. The summed E-state index contributed by atoms with van der Waals surface area (Å²) in [5.41, 5.74) is 1.59. The van der Waals surface area contributed by atoms with Crippen LogP contribution in [0.4, 0.5) is 0 Å². The van der Waals surface area contributed by atoms with Gasteiger partial charge in [-0.3, -0.25) is 14.6 Å². The lowest BCUT2D eigenvalue weighted by molar-refractivity contribution is 0.0716. The van der Waals surface area contributed by atoms with Gasteiger partial charge in [0.15, 0.2) is 10.8 Å². The van der Waals surface area contributed by atoms with Crippen LogP contribution in [0.3, 0.4) is 0 Å². The lowest BCUT2D eigenvalue weighted by Crippen LogP contribution is -2.38. The molecule has 24 heavy (non-hydrogen) atoms. The summed E-state index contributed by atoms with van der Waals surface area (Å²) in [5.74, 6) is 0.562. The molecule has 8 nitrogen and oxygen atoms in total. The Morgan fingerprint density at radius 2 is 2.42 bits per heavy atom. The fourth-order valence-electron chi connectivity index (χ4n) is 3.01. The molecule has 0 aliphatic carbocycles. The van der Waals surface area contributed by atoms with Gasteiger partial charge in [0.25, 0.3) is 5.91 Å². The first kappa shape index (κ1) is 15.0. The molecular weight excluding hydrogens is 326 g/mol. The fraction of sp³-hybridized carbons (Fsp3) is 0.400. The molecule has 3 aromatic heterocycles. The van der Waals surface area contributed by atoms with Crippen molar-refractivity contribution < 1.29 is 4.79 Å². The first-order valence-corrected chi connectivity index (χ1v) is 8.70. The Morgan fingerprint density at radius 3 is 3.17 bits per heavy atom. The number of aryl methyl sites for hydroxylation is 1. The molecule has 3 aromatic rings. The number of aromatic nitrogens is 6. The van der Waals surface area contributed by atoms with E-state index >= 15 is 0 Å². The normalized spacial score (nSPS) is 17.5. The highest BCUT2D eigenvalue weighted by Gasteiger charge is 2.31. The van der Waals surface area contributed by atoms with Crippen molar-refractivity contribution in [2.24, 2.45) is 0 Å². The summed E-state index contributed by atoms with van der Waals surface area (Å²) in [5, 5.41) is 13.4. The van der Waals surface area contributed by atoms with Gasteiger partial charge in [-0.15, -0.1) is 11.3 Å². The molecule has 4 heterocycles. The van der Waals surface area contributed by atoms with E-state index in [4.69, 9.17) is 0 Å². The van der Waals surface area contributed by atoms with Crippen LogP contribution in [0.25, 0.3) is 10.8 Å². The largest absolute Gasteiger partial charge is 0.332 e. The van der Waals surface area contributed by atoms with E-state index in [9.17, 15) is 4.79 Å². The average Bonchev–Trinajstić information content (AvgIpc) is 3.35. The molecule has 1 aliphatic heterocycles. The predicted molar refractivity (Wildman–Crippen MR) is 88.5 cm³/mol. The molecule has 1 amide bonds. The molecule has 1 aliphatic rings. The van der Waals surface area contributed by atoms with Gasteiger partial charge in [-0.25, -0.2) is 9.97 Å². The van der Waals surface area contributed by atoms with Gasteiger partial charge in [-0.2, -0.15) is 10.2 Å². The summed E-state index contributed by atoms with van der Waals surface area (Å²) in [6, 6.07) is 0.159. The zero-order valence-electron chi connectivity index (χ0n) is 13.2. The molecule has 0 saturated carbocycles. The van der Waals surface area contributed by atoms with E-state index in [0.717, 1.165) is 31.5 Å². The predicted octanol–water partition coefficient (Wildman–Crippen LogP) is 1.74. The van der Waals surface area contributed by atoms with Gasteiger partial charge in [0.1, 0.15) is 12.0 Å². The molecule has 0 unspecified atom stereocenters. The quantitative estimate of drug-likeness (QED) is 0.779. The van der Waals surface area contributed by atoms with Crippen molar-refractivity contribution in [2.45, 2.75) is 32.4 Å². The number of carbonyl (C=O) groups excluding carboxylic acids is 1. The lowest BCUT2D eigenvalue weighted by atomic mass is 10.2. The minimum absolute atomic E-state index is 0.0246. The number of nitrogens with one attached hydrogen (secondary N) is 1. The van der Waals surface area contributed by atoms with Crippen molar-refractivity contribution >= 4 is 17.2 Å². The van der Waals surface area contributed by atoms with Crippen molar-refractivity contribution in [1.29, 1.82) is 0 Å². The maximum Gasteiger partial charge on any atom is 0.273 e. The van der Waals surface area contributed by atoms with Gasteiger partial charge < -0.3 is 4.90 Å². The molecule has 1 N–H and O–H groups in total. The third kappa shape index (κ3) is 2.82. The molecule has 0 spiro atoms. The number of carbonyl (C=O) groups is 1. The monoisotopic (exact) mass is 343 g/mol. The third-order valence-electron chi connectivity index (χ3n) is 4.14. The Kier molecular flexibility index (Phi) is 3.85. The van der Waals surface area contributed by atoms with Crippen LogP contribution in [0.15, 0.2) is 24.1 Å². The maximum atomic E-state index is 12.8. The number of nitrogens with zero attached hydrogens (tertiary/aromatic N) is 6. The second-order valence-electron chi connectivity index (χ2n) is 5.91. The van der Waals surface area contributed by atoms with E-state index in [-0.39, 0.29) is 11.9 Å². The molecule has 0 bridgehead atoms. The van der Waals surface area contributed by atoms with Crippen molar-refractivity contribution in [1.82, 2.24) is 34.8 Å². The van der Waals surface area contributed by atoms with Crippen LogP contribution in [0.2, 0.25) is 0 Å². The summed E-state index contributed by atoms with van der Waals surface area (Å²) in [6.45, 7) is 3.50. The number of amides is 1.